The number of aromatic nitrogens is 4. The molecule has 0 spiro atoms. The van der Waals surface area contributed by atoms with Gasteiger partial charge in [-0.2, -0.15) is 0 Å². The maximum atomic E-state index is 8.92. The van der Waals surface area contributed by atoms with Gasteiger partial charge in [0.1, 0.15) is 0 Å². The van der Waals surface area contributed by atoms with E-state index in [1.165, 1.54) is 0 Å². The number of rotatable bonds is 3. The van der Waals surface area contributed by atoms with Gasteiger partial charge in [0, 0.05) is 12.6 Å². The number of nitrogens with two attached hydrogens (primary N) is 1. The van der Waals surface area contributed by atoms with E-state index in [9.17, 15) is 0 Å². The van der Waals surface area contributed by atoms with Crippen LogP contribution in [0.1, 0.15) is 11.6 Å². The first-order chi connectivity index (χ1) is 7.72. The molecule has 0 aliphatic heterocycles. The largest absolute Gasteiger partial charge is 0.394 e. The summed E-state index contributed by atoms with van der Waals surface area (Å²) in [5.74, 6) is 0.698. The van der Waals surface area contributed by atoms with Crippen LogP contribution in [-0.4, -0.2) is 31.9 Å². The molecule has 16 heavy (non-hydrogen) atoms. The van der Waals surface area contributed by atoms with Crippen molar-refractivity contribution >= 4 is 0 Å². The van der Waals surface area contributed by atoms with Gasteiger partial charge in [-0.25, -0.2) is 4.68 Å². The van der Waals surface area contributed by atoms with Crippen LogP contribution in [0.5, 0.6) is 0 Å². The lowest BCUT2D eigenvalue weighted by Gasteiger charge is -2.08. The molecule has 1 aromatic carbocycles. The van der Waals surface area contributed by atoms with Gasteiger partial charge in [0.25, 0.3) is 0 Å². The monoisotopic (exact) mass is 219 g/mol. The SMILES string of the molecule is Cn1nnnc1-c1ccc(C(N)CO)cc1. The number of hydrogen-bond acceptors (Lipinski definition) is 5. The second kappa shape index (κ2) is 4.38. The summed E-state index contributed by atoms with van der Waals surface area (Å²) in [7, 11) is 1.78. The van der Waals surface area contributed by atoms with Crippen molar-refractivity contribution in [3.8, 4) is 11.4 Å². The molecule has 0 amide bonds. The molecule has 1 atom stereocenters. The highest BCUT2D eigenvalue weighted by Crippen LogP contribution is 2.18. The van der Waals surface area contributed by atoms with Crippen molar-refractivity contribution in [3.05, 3.63) is 29.8 Å². The zero-order valence-electron chi connectivity index (χ0n) is 8.91. The van der Waals surface area contributed by atoms with Crippen LogP contribution in [0.4, 0.5) is 0 Å². The Morgan fingerprint density at radius 3 is 2.56 bits per heavy atom. The molecule has 1 heterocycles. The molecule has 0 aliphatic rings. The molecule has 3 N–H and O–H groups in total. The number of nitrogens with zero attached hydrogens (tertiary/aromatic N) is 4. The van der Waals surface area contributed by atoms with E-state index in [1.807, 2.05) is 24.3 Å². The Bertz CT molecular complexity index is 464. The Hall–Kier alpha value is -1.79. The number of tetrazole rings is 1. The Morgan fingerprint density at radius 1 is 1.38 bits per heavy atom. The number of aliphatic hydroxyl groups is 1. The molecule has 6 nitrogen and oxygen atoms in total. The smallest absolute Gasteiger partial charge is 0.181 e. The van der Waals surface area contributed by atoms with Crippen molar-refractivity contribution in [2.75, 3.05) is 6.61 Å². The average molecular weight is 219 g/mol. The van der Waals surface area contributed by atoms with E-state index in [0.717, 1.165) is 11.1 Å². The second-order valence-corrected chi connectivity index (χ2v) is 3.54. The number of aryl methyl sites for hydroxylation is 1. The Morgan fingerprint density at radius 2 is 2.06 bits per heavy atom. The second-order valence-electron chi connectivity index (χ2n) is 3.54. The van der Waals surface area contributed by atoms with Crippen LogP contribution in [0.2, 0.25) is 0 Å². The zero-order chi connectivity index (χ0) is 11.5. The van der Waals surface area contributed by atoms with E-state index in [0.29, 0.717) is 5.82 Å². The fraction of sp³-hybridized carbons (Fsp3) is 0.300. The van der Waals surface area contributed by atoms with Gasteiger partial charge >= 0.3 is 0 Å². The third kappa shape index (κ3) is 1.93. The van der Waals surface area contributed by atoms with Crippen molar-refractivity contribution in [2.45, 2.75) is 6.04 Å². The van der Waals surface area contributed by atoms with Crippen molar-refractivity contribution in [3.63, 3.8) is 0 Å². The minimum atomic E-state index is -0.341. The van der Waals surface area contributed by atoms with Gasteiger partial charge in [-0.05, 0) is 16.0 Å². The number of benzene rings is 1. The maximum absolute atomic E-state index is 8.92. The molecule has 1 unspecified atom stereocenters. The molecule has 6 heteroatoms. The van der Waals surface area contributed by atoms with Crippen LogP contribution in [0.25, 0.3) is 11.4 Å². The van der Waals surface area contributed by atoms with E-state index in [1.54, 1.807) is 11.7 Å². The van der Waals surface area contributed by atoms with E-state index >= 15 is 0 Å². The number of aliphatic hydroxyl groups excluding tert-OH is 1. The molecule has 0 bridgehead atoms. The van der Waals surface area contributed by atoms with Crippen molar-refractivity contribution in [2.24, 2.45) is 12.8 Å². The van der Waals surface area contributed by atoms with E-state index < -0.39 is 0 Å². The zero-order valence-corrected chi connectivity index (χ0v) is 8.91. The standard InChI is InChI=1S/C10H13N5O/c1-15-10(12-13-14-15)8-4-2-7(3-5-8)9(11)6-16/h2-5,9,16H,6,11H2,1H3. The molecular weight excluding hydrogens is 206 g/mol. The van der Waals surface area contributed by atoms with Crippen molar-refractivity contribution in [1.29, 1.82) is 0 Å². The van der Waals surface area contributed by atoms with Gasteiger partial charge in [0.05, 0.1) is 12.6 Å². The molecule has 2 aromatic rings. The summed E-state index contributed by atoms with van der Waals surface area (Å²) < 4.78 is 1.60. The van der Waals surface area contributed by atoms with E-state index in [4.69, 9.17) is 10.8 Å². The van der Waals surface area contributed by atoms with Crippen LogP contribution in [0.3, 0.4) is 0 Å². The van der Waals surface area contributed by atoms with Gasteiger partial charge in [-0.15, -0.1) is 5.10 Å². The normalized spacial score (nSPS) is 12.7. The topological polar surface area (TPSA) is 89.9 Å². The first-order valence-electron chi connectivity index (χ1n) is 4.91. The lowest BCUT2D eigenvalue weighted by Crippen LogP contribution is -2.14. The van der Waals surface area contributed by atoms with Gasteiger partial charge in [0.15, 0.2) is 5.82 Å². The first-order valence-corrected chi connectivity index (χ1v) is 4.91. The molecule has 0 saturated heterocycles. The fourth-order valence-electron chi connectivity index (χ4n) is 1.46. The highest BCUT2D eigenvalue weighted by Gasteiger charge is 2.07. The Kier molecular flexibility index (Phi) is 2.93. The summed E-state index contributed by atoms with van der Waals surface area (Å²) in [5, 5.41) is 20.2. The third-order valence-corrected chi connectivity index (χ3v) is 2.41. The lowest BCUT2D eigenvalue weighted by atomic mass is 10.1. The minimum Gasteiger partial charge on any atom is -0.394 e. The highest BCUT2D eigenvalue weighted by atomic mass is 16.3. The average Bonchev–Trinajstić information content (AvgIpc) is 2.75. The molecule has 0 aliphatic carbocycles. The molecule has 1 aromatic heterocycles. The van der Waals surface area contributed by atoms with Crippen molar-refractivity contribution in [1.82, 2.24) is 20.2 Å². The molecule has 84 valence electrons. The maximum Gasteiger partial charge on any atom is 0.181 e. The minimum absolute atomic E-state index is 0.0646. The van der Waals surface area contributed by atoms with Crippen LogP contribution >= 0.6 is 0 Å². The summed E-state index contributed by atoms with van der Waals surface area (Å²) in [5.41, 5.74) is 7.51. The third-order valence-electron chi connectivity index (χ3n) is 2.41. The van der Waals surface area contributed by atoms with Crippen LogP contribution in [-0.2, 0) is 7.05 Å². The predicted octanol–water partition coefficient (Wildman–Crippen LogP) is -0.131. The molecule has 0 radical (unpaired) electrons. The predicted molar refractivity (Wildman–Crippen MR) is 58.2 cm³/mol. The van der Waals surface area contributed by atoms with E-state index in [2.05, 4.69) is 15.5 Å². The summed E-state index contributed by atoms with van der Waals surface area (Å²) in [6, 6.07) is 7.16. The van der Waals surface area contributed by atoms with Crippen LogP contribution in [0.15, 0.2) is 24.3 Å². The number of hydrogen-bond donors (Lipinski definition) is 2. The summed E-state index contributed by atoms with van der Waals surface area (Å²) >= 11 is 0. The summed E-state index contributed by atoms with van der Waals surface area (Å²) in [6.45, 7) is -0.0646. The molecule has 0 fully saturated rings. The Balaban J connectivity index is 2.30. The van der Waals surface area contributed by atoms with Gasteiger partial charge in [-0.1, -0.05) is 24.3 Å². The molecule has 0 saturated carbocycles. The first kappa shape index (κ1) is 10.7. The quantitative estimate of drug-likeness (QED) is 0.750. The van der Waals surface area contributed by atoms with E-state index in [-0.39, 0.29) is 12.6 Å². The van der Waals surface area contributed by atoms with Gasteiger partial charge < -0.3 is 10.8 Å². The van der Waals surface area contributed by atoms with Crippen LogP contribution < -0.4 is 5.73 Å². The van der Waals surface area contributed by atoms with Gasteiger partial charge in [-0.3, -0.25) is 0 Å². The molecule has 2 rings (SSSR count). The molecular formula is C10H13N5O. The summed E-state index contributed by atoms with van der Waals surface area (Å²) in [6.07, 6.45) is 0. The fourth-order valence-corrected chi connectivity index (χ4v) is 1.46. The van der Waals surface area contributed by atoms with Crippen LogP contribution in [0, 0.1) is 0 Å². The van der Waals surface area contributed by atoms with Gasteiger partial charge in [0.2, 0.25) is 0 Å². The Labute approximate surface area is 92.7 Å². The highest BCUT2D eigenvalue weighted by molar-refractivity contribution is 5.54. The summed E-state index contributed by atoms with van der Waals surface area (Å²) in [4.78, 5) is 0. The van der Waals surface area contributed by atoms with Crippen molar-refractivity contribution < 1.29 is 5.11 Å². The lowest BCUT2D eigenvalue weighted by molar-refractivity contribution is 0.268.